The standard InChI is InChI=1S/C21H30N2O3/c1-15(2)7-5-10-19(24)22-11-12-23(20(25)14-22)18-9-6-8-17(13-18)21(26)16(3)4/h6,8-9,13,15-16H,5,7,10-12,14H2,1-4H3. The van der Waals surface area contributed by atoms with E-state index in [0.717, 1.165) is 18.5 Å². The number of rotatable bonds is 7. The van der Waals surface area contributed by atoms with Gasteiger partial charge in [0.25, 0.3) is 0 Å². The Morgan fingerprint density at radius 3 is 2.46 bits per heavy atom. The summed E-state index contributed by atoms with van der Waals surface area (Å²) in [5.74, 6) is 0.534. The molecule has 1 aromatic rings. The summed E-state index contributed by atoms with van der Waals surface area (Å²) < 4.78 is 0. The highest BCUT2D eigenvalue weighted by Crippen LogP contribution is 2.21. The zero-order valence-corrected chi connectivity index (χ0v) is 16.3. The van der Waals surface area contributed by atoms with Gasteiger partial charge in [-0.1, -0.05) is 46.2 Å². The smallest absolute Gasteiger partial charge is 0.246 e. The molecule has 2 amide bonds. The van der Waals surface area contributed by atoms with Crippen molar-refractivity contribution in [2.75, 3.05) is 24.5 Å². The molecule has 26 heavy (non-hydrogen) atoms. The third-order valence-corrected chi connectivity index (χ3v) is 4.71. The highest BCUT2D eigenvalue weighted by atomic mass is 16.2. The van der Waals surface area contributed by atoms with Crippen molar-refractivity contribution in [3.05, 3.63) is 29.8 Å². The Morgan fingerprint density at radius 1 is 1.12 bits per heavy atom. The summed E-state index contributed by atoms with van der Waals surface area (Å²) in [5, 5.41) is 0. The van der Waals surface area contributed by atoms with Gasteiger partial charge in [0.05, 0.1) is 0 Å². The average Bonchev–Trinajstić information content (AvgIpc) is 2.60. The number of piperazine rings is 1. The first-order valence-electron chi connectivity index (χ1n) is 9.52. The van der Waals surface area contributed by atoms with Gasteiger partial charge in [-0.05, 0) is 24.5 Å². The molecule has 0 unspecified atom stereocenters. The van der Waals surface area contributed by atoms with Gasteiger partial charge in [-0.15, -0.1) is 0 Å². The molecule has 2 rings (SSSR count). The predicted molar refractivity (Wildman–Crippen MR) is 103 cm³/mol. The van der Waals surface area contributed by atoms with Crippen LogP contribution < -0.4 is 4.90 Å². The summed E-state index contributed by atoms with van der Waals surface area (Å²) in [6, 6.07) is 7.21. The zero-order chi connectivity index (χ0) is 19.3. The van der Waals surface area contributed by atoms with Gasteiger partial charge in [0.2, 0.25) is 11.8 Å². The van der Waals surface area contributed by atoms with E-state index in [0.29, 0.717) is 31.0 Å². The number of hydrogen-bond donors (Lipinski definition) is 0. The van der Waals surface area contributed by atoms with E-state index in [2.05, 4.69) is 13.8 Å². The van der Waals surface area contributed by atoms with Crippen molar-refractivity contribution in [3.63, 3.8) is 0 Å². The maximum Gasteiger partial charge on any atom is 0.246 e. The fraction of sp³-hybridized carbons (Fsp3) is 0.571. The minimum atomic E-state index is -0.0948. The number of anilines is 1. The van der Waals surface area contributed by atoms with Gasteiger partial charge in [0.1, 0.15) is 6.54 Å². The van der Waals surface area contributed by atoms with Crippen LogP contribution in [0.15, 0.2) is 24.3 Å². The Morgan fingerprint density at radius 2 is 1.85 bits per heavy atom. The molecule has 1 aliphatic heterocycles. The largest absolute Gasteiger partial charge is 0.332 e. The molecule has 0 aliphatic carbocycles. The second kappa shape index (κ2) is 8.97. The minimum absolute atomic E-state index is 0.0578. The van der Waals surface area contributed by atoms with Crippen LogP contribution in [0.25, 0.3) is 0 Å². The lowest BCUT2D eigenvalue weighted by Gasteiger charge is -2.34. The molecule has 0 spiro atoms. The Hall–Kier alpha value is -2.17. The topological polar surface area (TPSA) is 57.7 Å². The molecule has 0 aromatic heterocycles. The summed E-state index contributed by atoms with van der Waals surface area (Å²) in [6.45, 7) is 9.13. The van der Waals surface area contributed by atoms with Crippen LogP contribution in [-0.4, -0.2) is 42.1 Å². The van der Waals surface area contributed by atoms with Crippen molar-refractivity contribution >= 4 is 23.3 Å². The fourth-order valence-corrected chi connectivity index (χ4v) is 3.14. The van der Waals surface area contributed by atoms with Gasteiger partial charge >= 0.3 is 0 Å². The molecule has 0 saturated carbocycles. The number of carbonyl (C=O) groups excluding carboxylic acids is 3. The van der Waals surface area contributed by atoms with Gasteiger partial charge < -0.3 is 9.80 Å². The molecule has 0 N–H and O–H groups in total. The summed E-state index contributed by atoms with van der Waals surface area (Å²) in [7, 11) is 0. The van der Waals surface area contributed by atoms with Crippen molar-refractivity contribution in [2.24, 2.45) is 11.8 Å². The van der Waals surface area contributed by atoms with Crippen LogP contribution in [0.5, 0.6) is 0 Å². The monoisotopic (exact) mass is 358 g/mol. The first-order chi connectivity index (χ1) is 12.3. The normalized spacial score (nSPS) is 15.1. The van der Waals surface area contributed by atoms with Crippen molar-refractivity contribution < 1.29 is 14.4 Å². The molecule has 1 saturated heterocycles. The van der Waals surface area contributed by atoms with Gasteiger partial charge in [0, 0.05) is 36.7 Å². The van der Waals surface area contributed by atoms with Crippen LogP contribution in [0.3, 0.4) is 0 Å². The van der Waals surface area contributed by atoms with E-state index >= 15 is 0 Å². The molecule has 142 valence electrons. The van der Waals surface area contributed by atoms with E-state index in [1.165, 1.54) is 0 Å². The molecule has 0 atom stereocenters. The lowest BCUT2D eigenvalue weighted by Crippen LogP contribution is -2.52. The quantitative estimate of drug-likeness (QED) is 0.701. The van der Waals surface area contributed by atoms with Crippen LogP contribution >= 0.6 is 0 Å². The third-order valence-electron chi connectivity index (χ3n) is 4.71. The second-order valence-corrected chi connectivity index (χ2v) is 7.72. The number of benzene rings is 1. The molecule has 1 heterocycles. The highest BCUT2D eigenvalue weighted by molar-refractivity contribution is 6.01. The second-order valence-electron chi connectivity index (χ2n) is 7.72. The van der Waals surface area contributed by atoms with Crippen LogP contribution in [-0.2, 0) is 9.59 Å². The molecular formula is C21H30N2O3. The van der Waals surface area contributed by atoms with Crippen molar-refractivity contribution in [1.82, 2.24) is 4.90 Å². The molecule has 5 nitrogen and oxygen atoms in total. The Labute approximate surface area is 156 Å². The van der Waals surface area contributed by atoms with E-state index in [9.17, 15) is 14.4 Å². The molecule has 1 aliphatic rings. The highest BCUT2D eigenvalue weighted by Gasteiger charge is 2.28. The minimum Gasteiger partial charge on any atom is -0.332 e. The maximum atomic E-state index is 12.6. The summed E-state index contributed by atoms with van der Waals surface area (Å²) in [5.41, 5.74) is 1.35. The van der Waals surface area contributed by atoms with Crippen molar-refractivity contribution in [1.29, 1.82) is 0 Å². The number of Topliss-reactive ketones (excluding diaryl/α,β-unsaturated/α-hetero) is 1. The van der Waals surface area contributed by atoms with E-state index in [-0.39, 0.29) is 30.1 Å². The van der Waals surface area contributed by atoms with E-state index in [4.69, 9.17) is 0 Å². The molecule has 1 aromatic carbocycles. The zero-order valence-electron chi connectivity index (χ0n) is 16.3. The summed E-state index contributed by atoms with van der Waals surface area (Å²) in [4.78, 5) is 40.4. The Kier molecular flexibility index (Phi) is 6.95. The number of ketones is 1. The number of nitrogens with zero attached hydrogens (tertiary/aromatic N) is 2. The van der Waals surface area contributed by atoms with Crippen molar-refractivity contribution in [3.8, 4) is 0 Å². The van der Waals surface area contributed by atoms with Crippen molar-refractivity contribution in [2.45, 2.75) is 47.0 Å². The van der Waals surface area contributed by atoms with Crippen LogP contribution in [0.4, 0.5) is 5.69 Å². The molecule has 0 radical (unpaired) electrons. The summed E-state index contributed by atoms with van der Waals surface area (Å²) >= 11 is 0. The SMILES string of the molecule is CC(C)CCCC(=O)N1CCN(c2cccc(C(=O)C(C)C)c2)C(=O)C1. The first kappa shape index (κ1) is 20.1. The Balaban J connectivity index is 1.99. The van der Waals surface area contributed by atoms with Gasteiger partial charge in [-0.2, -0.15) is 0 Å². The van der Waals surface area contributed by atoms with Crippen LogP contribution in [0, 0.1) is 11.8 Å². The van der Waals surface area contributed by atoms with Crippen LogP contribution in [0.2, 0.25) is 0 Å². The fourth-order valence-electron chi connectivity index (χ4n) is 3.14. The lowest BCUT2D eigenvalue weighted by atomic mass is 10.0. The van der Waals surface area contributed by atoms with E-state index < -0.39 is 0 Å². The third kappa shape index (κ3) is 5.16. The molecule has 5 heteroatoms. The van der Waals surface area contributed by atoms with Gasteiger partial charge in [0.15, 0.2) is 5.78 Å². The predicted octanol–water partition coefficient (Wildman–Crippen LogP) is 3.53. The molecular weight excluding hydrogens is 328 g/mol. The lowest BCUT2D eigenvalue weighted by molar-refractivity contribution is -0.137. The number of carbonyl (C=O) groups is 3. The summed E-state index contributed by atoms with van der Waals surface area (Å²) in [6.07, 6.45) is 2.39. The Bertz CT molecular complexity index is 667. The number of amides is 2. The van der Waals surface area contributed by atoms with Crippen LogP contribution in [0.1, 0.15) is 57.3 Å². The van der Waals surface area contributed by atoms with Gasteiger partial charge in [-0.3, -0.25) is 14.4 Å². The van der Waals surface area contributed by atoms with Gasteiger partial charge in [-0.25, -0.2) is 0 Å². The maximum absolute atomic E-state index is 12.6. The van der Waals surface area contributed by atoms with E-state index in [1.807, 2.05) is 26.0 Å². The molecule has 1 fully saturated rings. The first-order valence-corrected chi connectivity index (χ1v) is 9.52. The van der Waals surface area contributed by atoms with E-state index in [1.54, 1.807) is 21.9 Å². The average molecular weight is 358 g/mol. The molecule has 0 bridgehead atoms. The number of hydrogen-bond acceptors (Lipinski definition) is 3.